The van der Waals surface area contributed by atoms with Gasteiger partial charge in [0.2, 0.25) is 0 Å². The van der Waals surface area contributed by atoms with E-state index in [4.69, 9.17) is 5.11 Å². The number of hydrogen-bond acceptors (Lipinski definition) is 3. The third kappa shape index (κ3) is 2.23. The normalized spacial score (nSPS) is 11.1. The van der Waals surface area contributed by atoms with Crippen LogP contribution in [-0.2, 0) is 11.8 Å². The molecular formula is C12H10N2O3. The number of carboxylic acids is 1. The summed E-state index contributed by atoms with van der Waals surface area (Å²) in [6.45, 7) is 0. The molecule has 1 N–H and O–H groups in total. The molecule has 0 saturated carbocycles. The van der Waals surface area contributed by atoms with Gasteiger partial charge in [-0.2, -0.15) is 0 Å². The Morgan fingerprint density at radius 3 is 2.94 bits per heavy atom. The Bertz CT molecular complexity index is 671. The molecule has 0 aliphatic carbocycles. The minimum atomic E-state index is -1.02. The molecule has 1 aromatic heterocycles. The molecule has 0 radical (unpaired) electrons. The number of carbonyl (C=O) groups is 1. The Kier molecular flexibility index (Phi) is 2.74. The van der Waals surface area contributed by atoms with Gasteiger partial charge in [-0.15, -0.1) is 0 Å². The zero-order valence-corrected chi connectivity index (χ0v) is 9.12. The van der Waals surface area contributed by atoms with E-state index < -0.39 is 5.97 Å². The van der Waals surface area contributed by atoms with Crippen molar-refractivity contribution in [2.75, 3.05) is 0 Å². The lowest BCUT2D eigenvalue weighted by atomic mass is 10.1. The highest BCUT2D eigenvalue weighted by Gasteiger charge is 2.01. The van der Waals surface area contributed by atoms with Crippen LogP contribution < -0.4 is 5.56 Å². The van der Waals surface area contributed by atoms with Crippen LogP contribution in [0.3, 0.4) is 0 Å². The molecule has 86 valence electrons. The van der Waals surface area contributed by atoms with Crippen LogP contribution in [0.4, 0.5) is 0 Å². The van der Waals surface area contributed by atoms with Gasteiger partial charge in [0, 0.05) is 13.1 Å². The summed E-state index contributed by atoms with van der Waals surface area (Å²) in [7, 11) is 1.62. The van der Waals surface area contributed by atoms with Gasteiger partial charge in [-0.3, -0.25) is 4.79 Å². The van der Waals surface area contributed by atoms with Crippen molar-refractivity contribution >= 4 is 22.9 Å². The molecule has 0 atom stereocenters. The maximum Gasteiger partial charge on any atom is 0.328 e. The van der Waals surface area contributed by atoms with E-state index in [2.05, 4.69) is 4.98 Å². The number of nitrogens with zero attached hydrogens (tertiary/aromatic N) is 2. The van der Waals surface area contributed by atoms with Crippen molar-refractivity contribution in [2.24, 2.45) is 7.05 Å². The van der Waals surface area contributed by atoms with E-state index in [1.54, 1.807) is 25.2 Å². The van der Waals surface area contributed by atoms with Gasteiger partial charge in [0.15, 0.2) is 0 Å². The second kappa shape index (κ2) is 4.21. The molecule has 0 spiro atoms. The summed E-state index contributed by atoms with van der Waals surface area (Å²) >= 11 is 0. The van der Waals surface area contributed by atoms with Gasteiger partial charge in [0.25, 0.3) is 5.56 Å². The SMILES string of the molecule is Cn1cnc2ccc(C=CC(=O)O)cc2c1=O. The van der Waals surface area contributed by atoms with Gasteiger partial charge in [0.05, 0.1) is 17.2 Å². The molecule has 17 heavy (non-hydrogen) atoms. The maximum atomic E-state index is 11.8. The molecule has 0 bridgehead atoms. The first-order valence-electron chi connectivity index (χ1n) is 4.94. The molecule has 2 aromatic rings. The third-order valence-electron chi connectivity index (χ3n) is 2.36. The summed E-state index contributed by atoms with van der Waals surface area (Å²) in [5.74, 6) is -1.02. The van der Waals surface area contributed by atoms with Crippen molar-refractivity contribution in [1.82, 2.24) is 9.55 Å². The third-order valence-corrected chi connectivity index (χ3v) is 2.36. The number of aromatic nitrogens is 2. The smallest absolute Gasteiger partial charge is 0.328 e. The largest absolute Gasteiger partial charge is 0.478 e. The summed E-state index contributed by atoms with van der Waals surface area (Å²) < 4.78 is 1.38. The molecule has 0 fully saturated rings. The van der Waals surface area contributed by atoms with Crippen LogP contribution in [0, 0.1) is 0 Å². The molecule has 1 aromatic carbocycles. The van der Waals surface area contributed by atoms with Crippen LogP contribution >= 0.6 is 0 Å². The van der Waals surface area contributed by atoms with E-state index in [1.807, 2.05) is 0 Å². The lowest BCUT2D eigenvalue weighted by molar-refractivity contribution is -0.131. The predicted molar refractivity (Wildman–Crippen MR) is 63.7 cm³/mol. The minimum absolute atomic E-state index is 0.152. The zero-order valence-electron chi connectivity index (χ0n) is 9.12. The van der Waals surface area contributed by atoms with Crippen molar-refractivity contribution < 1.29 is 9.90 Å². The average molecular weight is 230 g/mol. The van der Waals surface area contributed by atoms with Crippen molar-refractivity contribution in [1.29, 1.82) is 0 Å². The fourth-order valence-electron chi connectivity index (χ4n) is 1.50. The quantitative estimate of drug-likeness (QED) is 0.782. The first-order valence-corrected chi connectivity index (χ1v) is 4.94. The molecule has 0 aliphatic heterocycles. The molecular weight excluding hydrogens is 220 g/mol. The highest BCUT2D eigenvalue weighted by atomic mass is 16.4. The molecule has 5 nitrogen and oxygen atoms in total. The van der Waals surface area contributed by atoms with Crippen molar-refractivity contribution in [2.45, 2.75) is 0 Å². The van der Waals surface area contributed by atoms with Crippen molar-refractivity contribution in [3.63, 3.8) is 0 Å². The van der Waals surface area contributed by atoms with Crippen LogP contribution in [0.5, 0.6) is 0 Å². The van der Waals surface area contributed by atoms with Crippen LogP contribution in [0.1, 0.15) is 5.56 Å². The molecule has 5 heteroatoms. The second-order valence-corrected chi connectivity index (χ2v) is 3.61. The number of aryl methyl sites for hydroxylation is 1. The van der Waals surface area contributed by atoms with Gasteiger partial charge in [-0.25, -0.2) is 9.78 Å². The van der Waals surface area contributed by atoms with E-state index >= 15 is 0 Å². The van der Waals surface area contributed by atoms with Crippen molar-refractivity contribution in [3.8, 4) is 0 Å². The summed E-state index contributed by atoms with van der Waals surface area (Å²) in [4.78, 5) is 26.3. The lowest BCUT2D eigenvalue weighted by Gasteiger charge is -2.01. The Labute approximate surface area is 96.6 Å². The Hall–Kier alpha value is -2.43. The highest BCUT2D eigenvalue weighted by molar-refractivity contribution is 5.87. The molecule has 0 saturated heterocycles. The number of rotatable bonds is 2. The standard InChI is InChI=1S/C12H10N2O3/c1-14-7-13-10-4-2-8(3-5-11(15)16)6-9(10)12(14)17/h2-7H,1H3,(H,15,16). The zero-order chi connectivity index (χ0) is 12.4. The average Bonchev–Trinajstić information content (AvgIpc) is 2.31. The first kappa shape index (κ1) is 11.1. The summed E-state index contributed by atoms with van der Waals surface area (Å²) in [5.41, 5.74) is 1.10. The Morgan fingerprint density at radius 1 is 1.47 bits per heavy atom. The monoisotopic (exact) mass is 230 g/mol. The lowest BCUT2D eigenvalue weighted by Crippen LogP contribution is -2.16. The van der Waals surface area contributed by atoms with Crippen LogP contribution in [0.15, 0.2) is 35.4 Å². The number of fused-ring (bicyclic) bond motifs is 1. The first-order chi connectivity index (χ1) is 8.08. The van der Waals surface area contributed by atoms with Gasteiger partial charge < -0.3 is 9.67 Å². The van der Waals surface area contributed by atoms with E-state index in [9.17, 15) is 9.59 Å². The maximum absolute atomic E-state index is 11.8. The van der Waals surface area contributed by atoms with Crippen molar-refractivity contribution in [3.05, 3.63) is 46.5 Å². The number of hydrogen-bond donors (Lipinski definition) is 1. The fraction of sp³-hybridized carbons (Fsp3) is 0.0833. The number of aliphatic carboxylic acids is 1. The molecule has 1 heterocycles. The fourth-order valence-corrected chi connectivity index (χ4v) is 1.50. The minimum Gasteiger partial charge on any atom is -0.478 e. The molecule has 2 rings (SSSR count). The topological polar surface area (TPSA) is 72.2 Å². The molecule has 0 amide bonds. The van der Waals surface area contributed by atoms with Gasteiger partial charge in [-0.1, -0.05) is 6.07 Å². The molecule has 0 aliphatic rings. The van der Waals surface area contributed by atoms with Crippen LogP contribution in [-0.4, -0.2) is 20.6 Å². The van der Waals surface area contributed by atoms with Gasteiger partial charge in [-0.05, 0) is 23.8 Å². The Morgan fingerprint density at radius 2 is 2.24 bits per heavy atom. The summed E-state index contributed by atoms with van der Waals surface area (Å²) in [5, 5.41) is 9.00. The number of benzene rings is 1. The van der Waals surface area contributed by atoms with E-state index in [0.717, 1.165) is 6.08 Å². The second-order valence-electron chi connectivity index (χ2n) is 3.61. The van der Waals surface area contributed by atoms with Gasteiger partial charge >= 0.3 is 5.97 Å². The predicted octanol–water partition coefficient (Wildman–Crippen LogP) is 1.03. The van der Waals surface area contributed by atoms with E-state index in [-0.39, 0.29) is 5.56 Å². The van der Waals surface area contributed by atoms with Crippen LogP contribution in [0.25, 0.3) is 17.0 Å². The van der Waals surface area contributed by atoms with E-state index in [0.29, 0.717) is 16.5 Å². The van der Waals surface area contributed by atoms with Gasteiger partial charge in [0.1, 0.15) is 0 Å². The highest BCUT2D eigenvalue weighted by Crippen LogP contribution is 2.11. The number of carboxylic acid groups (broad SMARTS) is 1. The summed E-state index contributed by atoms with van der Waals surface area (Å²) in [6, 6.07) is 5.04. The van der Waals surface area contributed by atoms with E-state index in [1.165, 1.54) is 17.0 Å². The molecule has 0 unspecified atom stereocenters. The Balaban J connectivity index is 2.60. The summed E-state index contributed by atoms with van der Waals surface area (Å²) in [6.07, 6.45) is 3.92. The van der Waals surface area contributed by atoms with Crippen LogP contribution in [0.2, 0.25) is 0 Å².